The van der Waals surface area contributed by atoms with Gasteiger partial charge < -0.3 is 10.1 Å². The third-order valence-electron chi connectivity index (χ3n) is 3.40. The fourth-order valence-corrected chi connectivity index (χ4v) is 2.41. The van der Waals surface area contributed by atoms with E-state index in [1.807, 2.05) is 6.92 Å². The topological polar surface area (TPSA) is 38.3 Å². The van der Waals surface area contributed by atoms with Crippen molar-refractivity contribution in [2.75, 3.05) is 7.11 Å². The third-order valence-corrected chi connectivity index (χ3v) is 3.40. The minimum Gasteiger partial charge on any atom is -0.468 e. The van der Waals surface area contributed by atoms with Crippen molar-refractivity contribution in [1.82, 2.24) is 5.32 Å². The summed E-state index contributed by atoms with van der Waals surface area (Å²) in [7, 11) is 1.44. The van der Waals surface area contributed by atoms with Crippen LogP contribution in [0.25, 0.3) is 0 Å². The average Bonchev–Trinajstić information content (AvgIpc) is 2.28. The molecule has 88 valence electrons. The maximum Gasteiger partial charge on any atom is 0.322 e. The van der Waals surface area contributed by atoms with E-state index >= 15 is 0 Å². The van der Waals surface area contributed by atoms with Crippen molar-refractivity contribution in [1.29, 1.82) is 0 Å². The van der Waals surface area contributed by atoms with Crippen LogP contribution in [0, 0.1) is 5.92 Å². The van der Waals surface area contributed by atoms with Gasteiger partial charge in [0.15, 0.2) is 0 Å². The number of hydrogen-bond donors (Lipinski definition) is 1. The van der Waals surface area contributed by atoms with Crippen molar-refractivity contribution in [3.8, 4) is 0 Å². The standard InChI is InChI=1S/C12H23NO2/c1-4-10-6-5-7-11(8-10)13-9(2)12(14)15-3/h9-11,13H,4-8H2,1-3H3/t9-,10?,11?/m0/s1. The zero-order valence-electron chi connectivity index (χ0n) is 10.1. The van der Waals surface area contributed by atoms with E-state index in [0.717, 1.165) is 5.92 Å². The summed E-state index contributed by atoms with van der Waals surface area (Å²) >= 11 is 0. The Morgan fingerprint density at radius 1 is 1.53 bits per heavy atom. The minimum atomic E-state index is -0.171. The first kappa shape index (κ1) is 12.5. The second-order valence-electron chi connectivity index (χ2n) is 4.55. The van der Waals surface area contributed by atoms with Crippen LogP contribution in [-0.2, 0) is 9.53 Å². The molecular formula is C12H23NO2. The van der Waals surface area contributed by atoms with Crippen LogP contribution < -0.4 is 5.32 Å². The first-order valence-electron chi connectivity index (χ1n) is 6.01. The van der Waals surface area contributed by atoms with Crippen molar-refractivity contribution >= 4 is 5.97 Å². The molecule has 0 amide bonds. The van der Waals surface area contributed by atoms with Crippen LogP contribution in [0.2, 0.25) is 0 Å². The fraction of sp³-hybridized carbons (Fsp3) is 0.917. The molecule has 1 N–H and O–H groups in total. The summed E-state index contributed by atoms with van der Waals surface area (Å²) in [6, 6.07) is 0.327. The van der Waals surface area contributed by atoms with Gasteiger partial charge in [0.1, 0.15) is 6.04 Å². The first-order valence-corrected chi connectivity index (χ1v) is 6.01. The van der Waals surface area contributed by atoms with Gasteiger partial charge in [-0.15, -0.1) is 0 Å². The molecule has 0 radical (unpaired) electrons. The molecule has 3 atom stereocenters. The molecular weight excluding hydrogens is 190 g/mol. The third kappa shape index (κ3) is 3.82. The largest absolute Gasteiger partial charge is 0.468 e. The van der Waals surface area contributed by atoms with Crippen molar-refractivity contribution in [2.45, 2.75) is 58.0 Å². The lowest BCUT2D eigenvalue weighted by molar-refractivity contribution is -0.142. The van der Waals surface area contributed by atoms with Gasteiger partial charge in [0.2, 0.25) is 0 Å². The normalized spacial score (nSPS) is 28.5. The highest BCUT2D eigenvalue weighted by atomic mass is 16.5. The molecule has 1 fully saturated rings. The highest BCUT2D eigenvalue weighted by molar-refractivity contribution is 5.75. The Balaban J connectivity index is 2.34. The molecule has 1 rings (SSSR count). The van der Waals surface area contributed by atoms with Crippen LogP contribution in [0.3, 0.4) is 0 Å². The maximum absolute atomic E-state index is 11.3. The van der Waals surface area contributed by atoms with Gasteiger partial charge in [-0.2, -0.15) is 0 Å². The molecule has 1 saturated carbocycles. The van der Waals surface area contributed by atoms with E-state index in [1.165, 1.54) is 39.2 Å². The molecule has 0 aromatic carbocycles. The Morgan fingerprint density at radius 3 is 2.87 bits per heavy atom. The second-order valence-corrected chi connectivity index (χ2v) is 4.55. The van der Waals surface area contributed by atoms with E-state index in [1.54, 1.807) is 0 Å². The molecule has 3 heteroatoms. The van der Waals surface area contributed by atoms with Crippen LogP contribution in [0.5, 0.6) is 0 Å². The number of nitrogens with one attached hydrogen (secondary N) is 1. The summed E-state index contributed by atoms with van der Waals surface area (Å²) in [5.41, 5.74) is 0. The van der Waals surface area contributed by atoms with Gasteiger partial charge in [0.05, 0.1) is 7.11 Å². The molecule has 0 saturated heterocycles. The Bertz CT molecular complexity index is 206. The van der Waals surface area contributed by atoms with Crippen molar-refractivity contribution < 1.29 is 9.53 Å². The van der Waals surface area contributed by atoms with E-state index in [0.29, 0.717) is 6.04 Å². The zero-order valence-corrected chi connectivity index (χ0v) is 10.1. The molecule has 0 aliphatic heterocycles. The van der Waals surface area contributed by atoms with Gasteiger partial charge in [0, 0.05) is 6.04 Å². The van der Waals surface area contributed by atoms with Gasteiger partial charge in [-0.25, -0.2) is 0 Å². The van der Waals surface area contributed by atoms with Crippen LogP contribution in [0.15, 0.2) is 0 Å². The summed E-state index contributed by atoms with van der Waals surface area (Å²) in [6.07, 6.45) is 6.28. The Morgan fingerprint density at radius 2 is 2.27 bits per heavy atom. The molecule has 3 nitrogen and oxygen atoms in total. The van der Waals surface area contributed by atoms with Gasteiger partial charge in [-0.3, -0.25) is 4.79 Å². The number of ether oxygens (including phenoxy) is 1. The summed E-state index contributed by atoms with van der Waals surface area (Å²) < 4.78 is 4.71. The number of hydrogen-bond acceptors (Lipinski definition) is 3. The zero-order chi connectivity index (χ0) is 11.3. The molecule has 0 heterocycles. The Labute approximate surface area is 92.6 Å². The first-order chi connectivity index (χ1) is 7.17. The second kappa shape index (κ2) is 6.11. The smallest absolute Gasteiger partial charge is 0.322 e. The van der Waals surface area contributed by atoms with Crippen LogP contribution in [-0.4, -0.2) is 25.2 Å². The predicted octanol–water partition coefficient (Wildman–Crippen LogP) is 2.11. The summed E-state index contributed by atoms with van der Waals surface area (Å²) in [6.45, 7) is 4.12. The van der Waals surface area contributed by atoms with Crippen LogP contribution in [0.4, 0.5) is 0 Å². The van der Waals surface area contributed by atoms with Gasteiger partial charge in [-0.1, -0.05) is 26.2 Å². The van der Waals surface area contributed by atoms with E-state index in [9.17, 15) is 4.79 Å². The van der Waals surface area contributed by atoms with E-state index in [2.05, 4.69) is 12.2 Å². The predicted molar refractivity (Wildman–Crippen MR) is 60.7 cm³/mol. The Kier molecular flexibility index (Phi) is 5.09. The summed E-state index contributed by atoms with van der Waals surface area (Å²) in [4.78, 5) is 11.3. The van der Waals surface area contributed by atoms with Crippen LogP contribution >= 0.6 is 0 Å². The number of rotatable bonds is 4. The average molecular weight is 213 g/mol. The Hall–Kier alpha value is -0.570. The molecule has 15 heavy (non-hydrogen) atoms. The quantitative estimate of drug-likeness (QED) is 0.727. The molecule has 1 aliphatic carbocycles. The number of carbonyl (C=O) groups excluding carboxylic acids is 1. The van der Waals surface area contributed by atoms with Crippen LogP contribution in [0.1, 0.15) is 46.0 Å². The van der Waals surface area contributed by atoms with Gasteiger partial charge in [-0.05, 0) is 25.7 Å². The maximum atomic E-state index is 11.3. The van der Waals surface area contributed by atoms with Crippen molar-refractivity contribution in [2.24, 2.45) is 5.92 Å². The monoisotopic (exact) mass is 213 g/mol. The molecule has 2 unspecified atom stereocenters. The molecule has 1 aliphatic rings. The molecule has 0 spiro atoms. The van der Waals surface area contributed by atoms with Crippen molar-refractivity contribution in [3.63, 3.8) is 0 Å². The molecule has 0 aromatic rings. The number of methoxy groups -OCH3 is 1. The van der Waals surface area contributed by atoms with Crippen molar-refractivity contribution in [3.05, 3.63) is 0 Å². The van der Waals surface area contributed by atoms with E-state index < -0.39 is 0 Å². The summed E-state index contributed by atoms with van der Waals surface area (Å²) in [5.74, 6) is 0.676. The van der Waals surface area contributed by atoms with E-state index in [-0.39, 0.29) is 12.0 Å². The number of esters is 1. The lowest BCUT2D eigenvalue weighted by atomic mass is 9.84. The SMILES string of the molecule is CCC1CCCC(N[C@@H](C)C(=O)OC)C1. The summed E-state index contributed by atoms with van der Waals surface area (Å²) in [5, 5.41) is 3.36. The highest BCUT2D eigenvalue weighted by Crippen LogP contribution is 2.26. The number of carbonyl (C=O) groups is 1. The van der Waals surface area contributed by atoms with E-state index in [4.69, 9.17) is 4.74 Å². The molecule has 0 aromatic heterocycles. The lowest BCUT2D eigenvalue weighted by Crippen LogP contribution is -2.44. The minimum absolute atomic E-state index is 0.159. The van der Waals surface area contributed by atoms with Gasteiger partial charge >= 0.3 is 5.97 Å². The van der Waals surface area contributed by atoms with Gasteiger partial charge in [0.25, 0.3) is 0 Å². The molecule has 0 bridgehead atoms. The highest BCUT2D eigenvalue weighted by Gasteiger charge is 2.24. The lowest BCUT2D eigenvalue weighted by Gasteiger charge is -2.30. The fourth-order valence-electron chi connectivity index (χ4n) is 2.41.